The van der Waals surface area contributed by atoms with Gasteiger partial charge in [0.1, 0.15) is 11.2 Å². The molecular formula is C10H18O8S. The molecule has 0 aliphatic carbocycles. The highest BCUT2D eigenvalue weighted by molar-refractivity contribution is 7.82. The van der Waals surface area contributed by atoms with Gasteiger partial charge in [0.15, 0.2) is 0 Å². The Kier molecular flexibility index (Phi) is 5.19. The zero-order chi connectivity index (χ0) is 15.5. The quantitative estimate of drug-likeness (QED) is 0.714. The fourth-order valence-corrected chi connectivity index (χ4v) is 1.15. The van der Waals surface area contributed by atoms with Gasteiger partial charge >= 0.3 is 22.7 Å². The Morgan fingerprint density at radius 2 is 1.00 bits per heavy atom. The predicted octanol–water partition coefficient (Wildman–Crippen LogP) is 2.13. The minimum atomic E-state index is -4.87. The summed E-state index contributed by atoms with van der Waals surface area (Å²) in [4.78, 5) is 22.2. The van der Waals surface area contributed by atoms with Crippen molar-refractivity contribution in [1.82, 2.24) is 0 Å². The monoisotopic (exact) mass is 298 g/mol. The third-order valence-corrected chi connectivity index (χ3v) is 1.80. The molecule has 8 nitrogen and oxygen atoms in total. The van der Waals surface area contributed by atoms with Crippen LogP contribution in [0.15, 0.2) is 0 Å². The van der Waals surface area contributed by atoms with Crippen molar-refractivity contribution < 1.29 is 35.8 Å². The molecule has 9 heteroatoms. The van der Waals surface area contributed by atoms with Crippen LogP contribution in [0.5, 0.6) is 0 Å². The zero-order valence-corrected chi connectivity index (χ0v) is 12.5. The minimum Gasteiger partial charge on any atom is -0.428 e. The molecule has 0 fully saturated rings. The maximum absolute atomic E-state index is 11.2. The molecular weight excluding hydrogens is 280 g/mol. The van der Waals surface area contributed by atoms with Crippen molar-refractivity contribution in [3.63, 3.8) is 0 Å². The van der Waals surface area contributed by atoms with Crippen LogP contribution >= 0.6 is 0 Å². The van der Waals surface area contributed by atoms with Gasteiger partial charge in [0.25, 0.3) is 0 Å². The molecule has 0 rings (SSSR count). The third-order valence-electron chi connectivity index (χ3n) is 1.12. The molecule has 0 aromatic rings. The first-order chi connectivity index (χ1) is 8.20. The summed E-state index contributed by atoms with van der Waals surface area (Å²) >= 11 is 0. The SMILES string of the molecule is CC(C)(C)OC(=O)OS(=O)(=O)OC(=O)OC(C)(C)C. The Balaban J connectivity index is 4.50. The van der Waals surface area contributed by atoms with E-state index in [0.717, 1.165) is 0 Å². The van der Waals surface area contributed by atoms with E-state index in [0.29, 0.717) is 0 Å². The Bertz CT molecular complexity index is 401. The van der Waals surface area contributed by atoms with Crippen molar-refractivity contribution >= 4 is 22.7 Å². The molecule has 0 unspecified atom stereocenters. The van der Waals surface area contributed by atoms with Crippen LogP contribution in [0.1, 0.15) is 41.5 Å². The Labute approximate surface area is 112 Å². The van der Waals surface area contributed by atoms with Gasteiger partial charge in [0.2, 0.25) is 0 Å². The van der Waals surface area contributed by atoms with Gasteiger partial charge in [-0.05, 0) is 41.5 Å². The molecule has 0 aromatic heterocycles. The topological polar surface area (TPSA) is 105 Å². The van der Waals surface area contributed by atoms with Crippen LogP contribution in [0.4, 0.5) is 9.59 Å². The first kappa shape index (κ1) is 17.5. The Morgan fingerprint density at radius 3 is 1.21 bits per heavy atom. The molecule has 0 N–H and O–H groups in total. The highest BCUT2D eigenvalue weighted by Crippen LogP contribution is 2.13. The molecule has 0 atom stereocenters. The molecule has 0 aromatic carbocycles. The summed E-state index contributed by atoms with van der Waals surface area (Å²) in [5.74, 6) is 0. The summed E-state index contributed by atoms with van der Waals surface area (Å²) in [6, 6.07) is 0. The maximum Gasteiger partial charge on any atom is 0.527 e. The van der Waals surface area contributed by atoms with Crippen molar-refractivity contribution in [3.05, 3.63) is 0 Å². The van der Waals surface area contributed by atoms with E-state index in [9.17, 15) is 18.0 Å². The summed E-state index contributed by atoms with van der Waals surface area (Å²) in [6.07, 6.45) is -3.01. The summed E-state index contributed by atoms with van der Waals surface area (Å²) in [6.45, 7) is 9.06. The van der Waals surface area contributed by atoms with Gasteiger partial charge in [-0.2, -0.15) is 0 Å². The fraction of sp³-hybridized carbons (Fsp3) is 0.800. The molecule has 0 bridgehead atoms. The van der Waals surface area contributed by atoms with E-state index in [-0.39, 0.29) is 0 Å². The lowest BCUT2D eigenvalue weighted by atomic mass is 10.2. The molecule has 0 spiro atoms. The Morgan fingerprint density at radius 1 is 0.737 bits per heavy atom. The van der Waals surface area contributed by atoms with Gasteiger partial charge in [-0.1, -0.05) is 0 Å². The average molecular weight is 298 g/mol. The lowest BCUT2D eigenvalue weighted by Crippen LogP contribution is -2.29. The number of carbonyl (C=O) groups is 2. The summed E-state index contributed by atoms with van der Waals surface area (Å²) < 4.78 is 39.3. The standard InChI is InChI=1S/C10H18O8S/c1-9(2,3)15-7(11)17-19(13,14)18-8(12)16-10(4,5)6/h1-6H3. The second kappa shape index (κ2) is 5.64. The number of carbonyl (C=O) groups excluding carboxylic acids is 2. The van der Waals surface area contributed by atoms with E-state index >= 15 is 0 Å². The molecule has 0 aliphatic rings. The highest BCUT2D eigenvalue weighted by Gasteiger charge is 2.29. The van der Waals surface area contributed by atoms with E-state index in [1.807, 2.05) is 0 Å². The third kappa shape index (κ3) is 10.1. The van der Waals surface area contributed by atoms with Gasteiger partial charge in [-0.3, -0.25) is 8.37 Å². The summed E-state index contributed by atoms with van der Waals surface area (Å²) in [5.41, 5.74) is -1.89. The molecule has 0 radical (unpaired) electrons. The normalized spacial score (nSPS) is 12.5. The minimum absolute atomic E-state index is 0.946. The first-order valence-electron chi connectivity index (χ1n) is 5.30. The lowest BCUT2D eigenvalue weighted by molar-refractivity contribution is 0.00954. The second-order valence-electron chi connectivity index (χ2n) is 5.50. The largest absolute Gasteiger partial charge is 0.527 e. The van der Waals surface area contributed by atoms with Crippen LogP contribution in [0.3, 0.4) is 0 Å². The fourth-order valence-electron chi connectivity index (χ4n) is 0.718. The molecule has 112 valence electrons. The van der Waals surface area contributed by atoms with Gasteiger partial charge in [0.05, 0.1) is 0 Å². The molecule has 0 saturated heterocycles. The van der Waals surface area contributed by atoms with Crippen molar-refractivity contribution in [2.45, 2.75) is 52.7 Å². The number of hydrogen-bond acceptors (Lipinski definition) is 8. The van der Waals surface area contributed by atoms with Crippen LogP contribution in [0.25, 0.3) is 0 Å². The van der Waals surface area contributed by atoms with Crippen LogP contribution in [0.2, 0.25) is 0 Å². The number of rotatable bonds is 2. The average Bonchev–Trinajstić information content (AvgIpc) is 1.89. The van der Waals surface area contributed by atoms with Crippen molar-refractivity contribution in [3.8, 4) is 0 Å². The molecule has 19 heavy (non-hydrogen) atoms. The van der Waals surface area contributed by atoms with Crippen LogP contribution in [0, 0.1) is 0 Å². The zero-order valence-electron chi connectivity index (χ0n) is 11.7. The number of ether oxygens (including phenoxy) is 2. The lowest BCUT2D eigenvalue weighted by Gasteiger charge is -2.19. The smallest absolute Gasteiger partial charge is 0.428 e. The van der Waals surface area contributed by atoms with E-state index in [1.165, 1.54) is 41.5 Å². The van der Waals surface area contributed by atoms with E-state index < -0.39 is 33.9 Å². The predicted molar refractivity (Wildman–Crippen MR) is 63.6 cm³/mol. The maximum atomic E-state index is 11.2. The molecule has 0 amide bonds. The van der Waals surface area contributed by atoms with E-state index in [2.05, 4.69) is 17.8 Å². The molecule has 0 heterocycles. The molecule has 0 saturated carbocycles. The number of hydrogen-bond donors (Lipinski definition) is 0. The van der Waals surface area contributed by atoms with E-state index in [4.69, 9.17) is 0 Å². The van der Waals surface area contributed by atoms with Crippen molar-refractivity contribution in [2.24, 2.45) is 0 Å². The van der Waals surface area contributed by atoms with Gasteiger partial charge in [-0.25, -0.2) is 9.59 Å². The van der Waals surface area contributed by atoms with Crippen LogP contribution in [-0.4, -0.2) is 31.9 Å². The first-order valence-corrected chi connectivity index (χ1v) is 6.63. The van der Waals surface area contributed by atoms with E-state index in [1.54, 1.807) is 0 Å². The summed E-state index contributed by atoms with van der Waals surface area (Å²) in [7, 11) is -4.87. The Hall–Kier alpha value is -1.51. The second-order valence-corrected chi connectivity index (χ2v) is 6.65. The van der Waals surface area contributed by atoms with Gasteiger partial charge in [-0.15, -0.1) is 8.42 Å². The van der Waals surface area contributed by atoms with Crippen molar-refractivity contribution in [1.29, 1.82) is 0 Å². The van der Waals surface area contributed by atoms with Crippen LogP contribution in [-0.2, 0) is 28.2 Å². The van der Waals surface area contributed by atoms with Gasteiger partial charge < -0.3 is 9.47 Å². The van der Waals surface area contributed by atoms with Crippen molar-refractivity contribution in [2.75, 3.05) is 0 Å². The highest BCUT2D eigenvalue weighted by atomic mass is 32.3. The van der Waals surface area contributed by atoms with Gasteiger partial charge in [0, 0.05) is 0 Å². The van der Waals surface area contributed by atoms with Crippen LogP contribution < -0.4 is 0 Å². The molecule has 0 aliphatic heterocycles. The summed E-state index contributed by atoms with van der Waals surface area (Å²) in [5, 5.41) is 0.